The topological polar surface area (TPSA) is 68.5 Å². The maximum atomic E-state index is 11.7. The lowest BCUT2D eigenvalue weighted by Gasteiger charge is -2.27. The van der Waals surface area contributed by atoms with Crippen LogP contribution in [0.3, 0.4) is 0 Å². The van der Waals surface area contributed by atoms with Crippen LogP contribution in [0.4, 0.5) is 0 Å². The fourth-order valence-electron chi connectivity index (χ4n) is 1.86. The highest BCUT2D eigenvalue weighted by Gasteiger charge is 2.11. The molecule has 1 aromatic heterocycles. The first-order valence-electron chi connectivity index (χ1n) is 5.91. The summed E-state index contributed by atoms with van der Waals surface area (Å²) in [6, 6.07) is 1.48. The van der Waals surface area contributed by atoms with Crippen molar-refractivity contribution in [3.05, 3.63) is 32.6 Å². The number of ether oxygens (including phenoxy) is 1. The minimum Gasteiger partial charge on any atom is -0.379 e. The number of aromatic nitrogens is 2. The van der Waals surface area contributed by atoms with Crippen LogP contribution in [-0.4, -0.2) is 40.4 Å². The molecule has 1 aliphatic rings. The van der Waals surface area contributed by atoms with Crippen molar-refractivity contribution in [2.75, 3.05) is 26.3 Å². The second kappa shape index (κ2) is 5.47. The van der Waals surface area contributed by atoms with E-state index in [2.05, 4.69) is 5.43 Å². The van der Waals surface area contributed by atoms with Gasteiger partial charge in [0.25, 0.3) is 5.56 Å². The average molecular weight is 254 g/mol. The van der Waals surface area contributed by atoms with Crippen LogP contribution in [0.2, 0.25) is 0 Å². The standard InChI is InChI=1S/C11H18N4O3/c1-13-9(7-10(16)14(2)11(13)17)8-12-15-3-5-18-6-4-15/h7,12H,3-6,8H2,1-2H3. The van der Waals surface area contributed by atoms with Crippen LogP contribution < -0.4 is 16.7 Å². The molecule has 2 heterocycles. The normalized spacial score (nSPS) is 17.0. The summed E-state index contributed by atoms with van der Waals surface area (Å²) in [6.45, 7) is 3.46. The largest absolute Gasteiger partial charge is 0.379 e. The molecule has 0 aliphatic carbocycles. The molecule has 0 saturated carbocycles. The molecule has 1 aliphatic heterocycles. The van der Waals surface area contributed by atoms with E-state index in [4.69, 9.17) is 4.74 Å². The first-order valence-corrected chi connectivity index (χ1v) is 5.91. The number of rotatable bonds is 3. The molecule has 0 amide bonds. The fourth-order valence-corrected chi connectivity index (χ4v) is 1.86. The zero-order valence-electron chi connectivity index (χ0n) is 10.7. The van der Waals surface area contributed by atoms with Crippen LogP contribution in [0.5, 0.6) is 0 Å². The van der Waals surface area contributed by atoms with Crippen molar-refractivity contribution in [1.29, 1.82) is 0 Å². The number of nitrogens with zero attached hydrogens (tertiary/aromatic N) is 3. The number of hydrazine groups is 1. The summed E-state index contributed by atoms with van der Waals surface area (Å²) in [7, 11) is 3.14. The van der Waals surface area contributed by atoms with Gasteiger partial charge in [0.2, 0.25) is 0 Å². The minimum atomic E-state index is -0.304. The fraction of sp³-hybridized carbons (Fsp3) is 0.636. The van der Waals surface area contributed by atoms with E-state index in [1.54, 1.807) is 7.05 Å². The Balaban J connectivity index is 2.10. The molecule has 2 rings (SSSR count). The van der Waals surface area contributed by atoms with Gasteiger partial charge < -0.3 is 4.74 Å². The summed E-state index contributed by atoms with van der Waals surface area (Å²) in [5, 5.41) is 2.03. The van der Waals surface area contributed by atoms with Gasteiger partial charge in [-0.3, -0.25) is 13.9 Å². The van der Waals surface area contributed by atoms with Crippen molar-refractivity contribution in [3.8, 4) is 0 Å². The van der Waals surface area contributed by atoms with E-state index in [0.29, 0.717) is 25.5 Å². The van der Waals surface area contributed by atoms with Crippen molar-refractivity contribution in [1.82, 2.24) is 19.6 Å². The Morgan fingerprint density at radius 1 is 1.22 bits per heavy atom. The van der Waals surface area contributed by atoms with E-state index < -0.39 is 0 Å². The van der Waals surface area contributed by atoms with Crippen molar-refractivity contribution in [2.24, 2.45) is 14.1 Å². The van der Waals surface area contributed by atoms with Gasteiger partial charge in [0.1, 0.15) is 0 Å². The SMILES string of the molecule is Cn1c(CNN2CCOCC2)cc(=O)n(C)c1=O. The summed E-state index contributed by atoms with van der Waals surface area (Å²) in [4.78, 5) is 23.3. The van der Waals surface area contributed by atoms with Gasteiger partial charge >= 0.3 is 5.69 Å². The zero-order valence-corrected chi connectivity index (χ0v) is 10.7. The lowest BCUT2D eigenvalue weighted by atomic mass is 10.4. The second-order valence-corrected chi connectivity index (χ2v) is 4.31. The molecule has 7 nitrogen and oxygen atoms in total. The van der Waals surface area contributed by atoms with Crippen LogP contribution in [0.1, 0.15) is 5.69 Å². The van der Waals surface area contributed by atoms with Crippen LogP contribution in [0.15, 0.2) is 15.7 Å². The minimum absolute atomic E-state index is 0.281. The lowest BCUT2D eigenvalue weighted by Crippen LogP contribution is -2.46. The van der Waals surface area contributed by atoms with Crippen LogP contribution in [0, 0.1) is 0 Å². The first-order chi connectivity index (χ1) is 8.59. The number of nitrogens with one attached hydrogen (secondary N) is 1. The molecule has 1 N–H and O–H groups in total. The quantitative estimate of drug-likeness (QED) is 0.705. The van der Waals surface area contributed by atoms with E-state index in [-0.39, 0.29) is 11.2 Å². The average Bonchev–Trinajstić information content (AvgIpc) is 2.40. The predicted octanol–water partition coefficient (Wildman–Crippen LogP) is -1.58. The van der Waals surface area contributed by atoms with Gasteiger partial charge in [-0.1, -0.05) is 0 Å². The molecular formula is C11H18N4O3. The molecule has 1 saturated heterocycles. The van der Waals surface area contributed by atoms with E-state index in [0.717, 1.165) is 17.7 Å². The molecule has 100 valence electrons. The number of hydrogen-bond acceptors (Lipinski definition) is 5. The third-order valence-electron chi connectivity index (χ3n) is 3.12. The van der Waals surface area contributed by atoms with Gasteiger partial charge in [0.15, 0.2) is 0 Å². The van der Waals surface area contributed by atoms with Gasteiger partial charge in [0, 0.05) is 38.9 Å². The molecule has 1 aromatic rings. The van der Waals surface area contributed by atoms with Gasteiger partial charge in [-0.05, 0) is 0 Å². The second-order valence-electron chi connectivity index (χ2n) is 4.31. The number of morpholine rings is 1. The molecule has 7 heteroatoms. The Labute approximate surface area is 105 Å². The molecule has 0 spiro atoms. The Bertz CT molecular complexity index is 528. The maximum Gasteiger partial charge on any atom is 0.330 e. The molecular weight excluding hydrogens is 236 g/mol. The monoisotopic (exact) mass is 254 g/mol. The van der Waals surface area contributed by atoms with E-state index in [1.165, 1.54) is 17.7 Å². The van der Waals surface area contributed by atoms with Crippen molar-refractivity contribution in [2.45, 2.75) is 6.54 Å². The van der Waals surface area contributed by atoms with Gasteiger partial charge in [-0.25, -0.2) is 15.2 Å². The molecule has 0 aromatic carbocycles. The Kier molecular flexibility index (Phi) is 3.95. The third kappa shape index (κ3) is 2.69. The zero-order chi connectivity index (χ0) is 13.1. The summed E-state index contributed by atoms with van der Waals surface area (Å²) in [5.41, 5.74) is 3.29. The highest BCUT2D eigenvalue weighted by atomic mass is 16.5. The van der Waals surface area contributed by atoms with Crippen LogP contribution in [0.25, 0.3) is 0 Å². The van der Waals surface area contributed by atoms with E-state index in [1.807, 2.05) is 5.01 Å². The summed E-state index contributed by atoms with van der Waals surface area (Å²) in [6.07, 6.45) is 0. The molecule has 18 heavy (non-hydrogen) atoms. The summed E-state index contributed by atoms with van der Waals surface area (Å²) < 4.78 is 7.82. The Hall–Kier alpha value is -1.44. The van der Waals surface area contributed by atoms with Crippen LogP contribution in [-0.2, 0) is 25.4 Å². The Morgan fingerprint density at radius 2 is 1.89 bits per heavy atom. The predicted molar refractivity (Wildman–Crippen MR) is 66.2 cm³/mol. The van der Waals surface area contributed by atoms with Gasteiger partial charge in [-0.15, -0.1) is 0 Å². The lowest BCUT2D eigenvalue weighted by molar-refractivity contribution is 0.0101. The van der Waals surface area contributed by atoms with Crippen molar-refractivity contribution in [3.63, 3.8) is 0 Å². The highest BCUT2D eigenvalue weighted by Crippen LogP contribution is 1.95. The van der Waals surface area contributed by atoms with Crippen molar-refractivity contribution >= 4 is 0 Å². The molecule has 1 fully saturated rings. The first kappa shape index (κ1) is 13.0. The molecule has 0 unspecified atom stereocenters. The summed E-state index contributed by atoms with van der Waals surface area (Å²) in [5.74, 6) is 0. The van der Waals surface area contributed by atoms with Crippen molar-refractivity contribution < 1.29 is 4.74 Å². The molecule has 0 radical (unpaired) electrons. The Morgan fingerprint density at radius 3 is 2.56 bits per heavy atom. The van der Waals surface area contributed by atoms with E-state index in [9.17, 15) is 9.59 Å². The van der Waals surface area contributed by atoms with Gasteiger partial charge in [-0.2, -0.15) is 0 Å². The smallest absolute Gasteiger partial charge is 0.330 e. The van der Waals surface area contributed by atoms with Gasteiger partial charge in [0.05, 0.1) is 19.8 Å². The maximum absolute atomic E-state index is 11.7. The van der Waals surface area contributed by atoms with Crippen LogP contribution >= 0.6 is 0 Å². The van der Waals surface area contributed by atoms with E-state index >= 15 is 0 Å². The molecule has 0 bridgehead atoms. The molecule has 0 atom stereocenters. The highest BCUT2D eigenvalue weighted by molar-refractivity contribution is 5.01. The third-order valence-corrected chi connectivity index (χ3v) is 3.12. The number of hydrogen-bond donors (Lipinski definition) is 1. The summed E-state index contributed by atoms with van der Waals surface area (Å²) >= 11 is 0.